The minimum atomic E-state index is -0.998. The van der Waals surface area contributed by atoms with Gasteiger partial charge in [0, 0.05) is 25.3 Å². The van der Waals surface area contributed by atoms with Gasteiger partial charge in [0.1, 0.15) is 11.9 Å². The second kappa shape index (κ2) is 6.27. The molecule has 94 valence electrons. The monoisotopic (exact) mass is 238 g/mol. The summed E-state index contributed by atoms with van der Waals surface area (Å²) in [5.74, 6) is -0.998. The molecule has 0 aliphatic heterocycles. The van der Waals surface area contributed by atoms with E-state index in [0.29, 0.717) is 12.2 Å². The summed E-state index contributed by atoms with van der Waals surface area (Å²) in [6.45, 7) is 3.36. The number of hydrogen-bond acceptors (Lipinski definition) is 5. The fraction of sp³-hybridized carbons (Fsp3) is 0.545. The molecular formula is C11H18N4O2. The van der Waals surface area contributed by atoms with Crippen molar-refractivity contribution in [2.45, 2.75) is 19.5 Å². The van der Waals surface area contributed by atoms with Gasteiger partial charge in [0.25, 0.3) is 0 Å². The Morgan fingerprint density at radius 3 is 2.88 bits per heavy atom. The highest BCUT2D eigenvalue weighted by molar-refractivity contribution is 5.88. The molecule has 1 aromatic heterocycles. The zero-order valence-corrected chi connectivity index (χ0v) is 10.3. The van der Waals surface area contributed by atoms with E-state index in [9.17, 15) is 4.79 Å². The van der Waals surface area contributed by atoms with E-state index in [1.54, 1.807) is 0 Å². The second-order valence-electron chi connectivity index (χ2n) is 4.23. The molecule has 0 fully saturated rings. The van der Waals surface area contributed by atoms with Crippen molar-refractivity contribution < 1.29 is 9.90 Å². The van der Waals surface area contributed by atoms with Crippen LogP contribution in [0.15, 0.2) is 12.5 Å². The standard InChI is InChI=1S/C11H18N4O2/c1-8(6-15(2)3)13-5-10-9(11(16)17)4-12-7-14-10/h4,7-8,13H,5-6H2,1-3H3,(H,16,17). The molecule has 0 aromatic carbocycles. The predicted octanol–water partition coefficient (Wildman–Crippen LogP) is 0.214. The van der Waals surface area contributed by atoms with E-state index >= 15 is 0 Å². The number of carboxylic acids is 1. The molecule has 0 aliphatic carbocycles. The van der Waals surface area contributed by atoms with Crippen LogP contribution in [0.2, 0.25) is 0 Å². The fourth-order valence-electron chi connectivity index (χ4n) is 1.56. The molecule has 0 amide bonds. The molecule has 17 heavy (non-hydrogen) atoms. The summed E-state index contributed by atoms with van der Waals surface area (Å²) in [7, 11) is 3.98. The molecule has 1 atom stereocenters. The fourth-order valence-corrected chi connectivity index (χ4v) is 1.56. The maximum Gasteiger partial charge on any atom is 0.339 e. The van der Waals surface area contributed by atoms with Gasteiger partial charge in [-0.15, -0.1) is 0 Å². The summed E-state index contributed by atoms with van der Waals surface area (Å²) in [5.41, 5.74) is 0.662. The summed E-state index contributed by atoms with van der Waals surface area (Å²) in [6, 6.07) is 0.265. The van der Waals surface area contributed by atoms with Crippen molar-refractivity contribution in [3.05, 3.63) is 23.8 Å². The number of carboxylic acid groups (broad SMARTS) is 1. The summed E-state index contributed by atoms with van der Waals surface area (Å²) in [4.78, 5) is 20.7. The molecule has 1 heterocycles. The van der Waals surface area contributed by atoms with Gasteiger partial charge in [0.05, 0.1) is 5.69 Å². The third kappa shape index (κ3) is 4.46. The normalized spacial score (nSPS) is 12.7. The smallest absolute Gasteiger partial charge is 0.339 e. The van der Waals surface area contributed by atoms with Gasteiger partial charge in [0.15, 0.2) is 0 Å². The van der Waals surface area contributed by atoms with E-state index < -0.39 is 5.97 Å². The molecule has 2 N–H and O–H groups in total. The lowest BCUT2D eigenvalue weighted by atomic mass is 10.2. The number of rotatable bonds is 6. The van der Waals surface area contributed by atoms with E-state index in [2.05, 4.69) is 20.2 Å². The van der Waals surface area contributed by atoms with Crippen LogP contribution in [-0.2, 0) is 6.54 Å². The Kier molecular flexibility index (Phi) is 4.99. The molecular weight excluding hydrogens is 220 g/mol. The number of nitrogens with one attached hydrogen (secondary N) is 1. The average Bonchev–Trinajstić information content (AvgIpc) is 2.25. The summed E-state index contributed by atoms with van der Waals surface area (Å²) < 4.78 is 0. The minimum absolute atomic E-state index is 0.150. The number of nitrogens with zero attached hydrogens (tertiary/aromatic N) is 3. The third-order valence-corrected chi connectivity index (χ3v) is 2.28. The first kappa shape index (κ1) is 13.5. The van der Waals surface area contributed by atoms with Gasteiger partial charge in [-0.1, -0.05) is 0 Å². The van der Waals surface area contributed by atoms with Crippen LogP contribution in [0, 0.1) is 0 Å². The largest absolute Gasteiger partial charge is 0.478 e. The maximum absolute atomic E-state index is 10.9. The molecule has 0 spiro atoms. The van der Waals surface area contributed by atoms with Crippen molar-refractivity contribution in [1.29, 1.82) is 0 Å². The van der Waals surface area contributed by atoms with Gasteiger partial charge < -0.3 is 15.3 Å². The zero-order valence-electron chi connectivity index (χ0n) is 10.3. The molecule has 0 bridgehead atoms. The number of hydrogen-bond donors (Lipinski definition) is 2. The zero-order chi connectivity index (χ0) is 12.8. The van der Waals surface area contributed by atoms with Crippen molar-refractivity contribution >= 4 is 5.97 Å². The lowest BCUT2D eigenvalue weighted by molar-refractivity contribution is 0.0694. The predicted molar refractivity (Wildman–Crippen MR) is 63.8 cm³/mol. The Morgan fingerprint density at radius 1 is 1.59 bits per heavy atom. The van der Waals surface area contributed by atoms with E-state index in [0.717, 1.165) is 6.54 Å². The summed E-state index contributed by atoms with van der Waals surface area (Å²) in [6.07, 6.45) is 2.68. The van der Waals surface area contributed by atoms with E-state index in [1.165, 1.54) is 12.5 Å². The minimum Gasteiger partial charge on any atom is -0.478 e. The SMILES string of the molecule is CC(CN(C)C)NCc1ncncc1C(=O)O. The number of carbonyl (C=O) groups is 1. The Morgan fingerprint density at radius 2 is 2.29 bits per heavy atom. The first-order valence-electron chi connectivity index (χ1n) is 5.41. The van der Waals surface area contributed by atoms with Gasteiger partial charge in [-0.2, -0.15) is 0 Å². The van der Waals surface area contributed by atoms with Crippen LogP contribution in [-0.4, -0.2) is 52.6 Å². The maximum atomic E-state index is 10.9. The van der Waals surface area contributed by atoms with Crippen LogP contribution < -0.4 is 5.32 Å². The van der Waals surface area contributed by atoms with E-state index in [4.69, 9.17) is 5.11 Å². The Bertz CT molecular complexity index is 381. The number of aromatic nitrogens is 2. The summed E-state index contributed by atoms with van der Waals surface area (Å²) >= 11 is 0. The Labute approximate surface area is 101 Å². The molecule has 6 nitrogen and oxygen atoms in total. The van der Waals surface area contributed by atoms with Crippen LogP contribution in [0.25, 0.3) is 0 Å². The van der Waals surface area contributed by atoms with Gasteiger partial charge in [0.2, 0.25) is 0 Å². The molecule has 1 unspecified atom stereocenters. The van der Waals surface area contributed by atoms with Crippen LogP contribution in [0.3, 0.4) is 0 Å². The molecule has 0 saturated heterocycles. The Hall–Kier alpha value is -1.53. The van der Waals surface area contributed by atoms with Crippen molar-refractivity contribution in [3.63, 3.8) is 0 Å². The molecule has 1 aromatic rings. The molecule has 0 radical (unpaired) electrons. The lowest BCUT2D eigenvalue weighted by Gasteiger charge is -2.18. The molecule has 1 rings (SSSR count). The van der Waals surface area contributed by atoms with Crippen LogP contribution in [0.5, 0.6) is 0 Å². The highest BCUT2D eigenvalue weighted by Crippen LogP contribution is 2.03. The number of likely N-dealkylation sites (N-methyl/N-ethyl adjacent to an activating group) is 1. The summed E-state index contributed by atoms with van der Waals surface area (Å²) in [5, 5.41) is 12.2. The van der Waals surface area contributed by atoms with Crippen LogP contribution >= 0.6 is 0 Å². The average molecular weight is 238 g/mol. The third-order valence-electron chi connectivity index (χ3n) is 2.28. The van der Waals surface area contributed by atoms with Gasteiger partial charge >= 0.3 is 5.97 Å². The van der Waals surface area contributed by atoms with Gasteiger partial charge in [-0.05, 0) is 21.0 Å². The first-order valence-corrected chi connectivity index (χ1v) is 5.41. The van der Waals surface area contributed by atoms with E-state index in [1.807, 2.05) is 21.0 Å². The molecule has 0 saturated carbocycles. The van der Waals surface area contributed by atoms with Crippen LogP contribution in [0.4, 0.5) is 0 Å². The van der Waals surface area contributed by atoms with Crippen molar-refractivity contribution in [2.24, 2.45) is 0 Å². The molecule has 6 heteroatoms. The highest BCUT2D eigenvalue weighted by Gasteiger charge is 2.12. The van der Waals surface area contributed by atoms with Crippen molar-refractivity contribution in [3.8, 4) is 0 Å². The second-order valence-corrected chi connectivity index (χ2v) is 4.23. The van der Waals surface area contributed by atoms with Crippen molar-refractivity contribution in [2.75, 3.05) is 20.6 Å². The van der Waals surface area contributed by atoms with Gasteiger partial charge in [-0.25, -0.2) is 14.8 Å². The van der Waals surface area contributed by atoms with Gasteiger partial charge in [-0.3, -0.25) is 0 Å². The Balaban J connectivity index is 2.60. The van der Waals surface area contributed by atoms with Crippen molar-refractivity contribution in [1.82, 2.24) is 20.2 Å². The first-order chi connectivity index (χ1) is 8.00. The quantitative estimate of drug-likeness (QED) is 0.738. The molecule has 0 aliphatic rings. The highest BCUT2D eigenvalue weighted by atomic mass is 16.4. The lowest BCUT2D eigenvalue weighted by Crippen LogP contribution is -2.35. The van der Waals surface area contributed by atoms with Crippen LogP contribution in [0.1, 0.15) is 23.0 Å². The van der Waals surface area contributed by atoms with E-state index in [-0.39, 0.29) is 11.6 Å². The topological polar surface area (TPSA) is 78.3 Å². The number of aromatic carboxylic acids is 1.